The molecule has 23 heavy (non-hydrogen) atoms. The third-order valence-electron chi connectivity index (χ3n) is 4.93. The van der Waals surface area contributed by atoms with E-state index >= 15 is 0 Å². The Kier molecular flexibility index (Phi) is 5.41. The average Bonchev–Trinajstić information content (AvgIpc) is 2.61. The molecule has 1 aromatic rings. The van der Waals surface area contributed by atoms with Crippen molar-refractivity contribution < 1.29 is 4.79 Å². The number of anilines is 1. The van der Waals surface area contributed by atoms with Gasteiger partial charge in [0.25, 0.3) is 0 Å². The SMILES string of the molecule is NCC(=O)N1CCC[C@H](N2CCN(c3cccc(Cl)c3)CC2)C1. The van der Waals surface area contributed by atoms with Crippen molar-refractivity contribution in [2.45, 2.75) is 18.9 Å². The van der Waals surface area contributed by atoms with Gasteiger partial charge in [-0.2, -0.15) is 0 Å². The van der Waals surface area contributed by atoms with E-state index in [1.807, 2.05) is 23.1 Å². The molecule has 6 heteroatoms. The van der Waals surface area contributed by atoms with Crippen LogP contribution in [0.4, 0.5) is 5.69 Å². The zero-order valence-corrected chi connectivity index (χ0v) is 14.2. The molecule has 2 N–H and O–H groups in total. The first-order chi connectivity index (χ1) is 11.2. The molecule has 0 aliphatic carbocycles. The second-order valence-corrected chi connectivity index (χ2v) is 6.78. The lowest BCUT2D eigenvalue weighted by atomic mass is 10.0. The number of hydrogen-bond donors (Lipinski definition) is 1. The van der Waals surface area contributed by atoms with Gasteiger partial charge in [0.05, 0.1) is 6.54 Å². The molecule has 2 fully saturated rings. The number of halogens is 1. The van der Waals surface area contributed by atoms with E-state index in [9.17, 15) is 4.79 Å². The van der Waals surface area contributed by atoms with E-state index < -0.39 is 0 Å². The minimum absolute atomic E-state index is 0.0762. The van der Waals surface area contributed by atoms with Crippen LogP contribution in [0.5, 0.6) is 0 Å². The first-order valence-electron chi connectivity index (χ1n) is 8.40. The second-order valence-electron chi connectivity index (χ2n) is 6.34. The molecule has 2 saturated heterocycles. The van der Waals surface area contributed by atoms with Gasteiger partial charge in [0.1, 0.15) is 0 Å². The third-order valence-corrected chi connectivity index (χ3v) is 5.16. The second kappa shape index (κ2) is 7.51. The minimum Gasteiger partial charge on any atom is -0.369 e. The molecular formula is C17H25ClN4O. The fourth-order valence-corrected chi connectivity index (χ4v) is 3.81. The highest BCUT2D eigenvalue weighted by Crippen LogP contribution is 2.23. The van der Waals surface area contributed by atoms with E-state index in [2.05, 4.69) is 15.9 Å². The van der Waals surface area contributed by atoms with Crippen LogP contribution in [0.3, 0.4) is 0 Å². The Hall–Kier alpha value is -1.30. The number of nitrogens with two attached hydrogens (primary N) is 1. The van der Waals surface area contributed by atoms with Crippen molar-refractivity contribution in [2.24, 2.45) is 5.73 Å². The van der Waals surface area contributed by atoms with Gasteiger partial charge < -0.3 is 15.5 Å². The van der Waals surface area contributed by atoms with Crippen LogP contribution in [0.15, 0.2) is 24.3 Å². The largest absolute Gasteiger partial charge is 0.369 e. The number of carbonyl (C=O) groups is 1. The minimum atomic E-state index is 0.0762. The van der Waals surface area contributed by atoms with Crippen LogP contribution in [0, 0.1) is 0 Å². The zero-order chi connectivity index (χ0) is 16.2. The smallest absolute Gasteiger partial charge is 0.236 e. The molecule has 2 heterocycles. The van der Waals surface area contributed by atoms with Gasteiger partial charge in [-0.1, -0.05) is 17.7 Å². The lowest BCUT2D eigenvalue weighted by Gasteiger charge is -2.44. The highest BCUT2D eigenvalue weighted by atomic mass is 35.5. The number of piperazine rings is 1. The Balaban J connectivity index is 1.55. The van der Waals surface area contributed by atoms with Gasteiger partial charge in [-0.3, -0.25) is 9.69 Å². The number of carbonyl (C=O) groups excluding carboxylic acids is 1. The van der Waals surface area contributed by atoms with Gasteiger partial charge >= 0.3 is 0 Å². The summed E-state index contributed by atoms with van der Waals surface area (Å²) in [6, 6.07) is 8.53. The molecule has 0 radical (unpaired) electrons. The van der Waals surface area contributed by atoms with E-state index in [0.717, 1.165) is 50.7 Å². The number of likely N-dealkylation sites (tertiary alicyclic amines) is 1. The number of amides is 1. The monoisotopic (exact) mass is 336 g/mol. The Labute approximate surface area is 143 Å². The predicted molar refractivity (Wildman–Crippen MR) is 93.9 cm³/mol. The quantitative estimate of drug-likeness (QED) is 0.907. The fourth-order valence-electron chi connectivity index (χ4n) is 3.63. The fraction of sp³-hybridized carbons (Fsp3) is 0.588. The van der Waals surface area contributed by atoms with Crippen molar-refractivity contribution in [2.75, 3.05) is 50.7 Å². The summed E-state index contributed by atoms with van der Waals surface area (Å²) in [4.78, 5) is 18.7. The maximum atomic E-state index is 11.8. The summed E-state index contributed by atoms with van der Waals surface area (Å²) < 4.78 is 0. The summed E-state index contributed by atoms with van der Waals surface area (Å²) in [5.74, 6) is 0.0762. The van der Waals surface area contributed by atoms with E-state index in [-0.39, 0.29) is 12.5 Å². The van der Waals surface area contributed by atoms with Crippen LogP contribution in [0.2, 0.25) is 5.02 Å². The van der Waals surface area contributed by atoms with Crippen LogP contribution < -0.4 is 10.6 Å². The lowest BCUT2D eigenvalue weighted by molar-refractivity contribution is -0.131. The molecule has 1 atom stereocenters. The van der Waals surface area contributed by atoms with Crippen molar-refractivity contribution in [3.63, 3.8) is 0 Å². The first kappa shape index (κ1) is 16.6. The number of piperidine rings is 1. The normalized spacial score (nSPS) is 23.1. The molecule has 1 aromatic carbocycles. The third kappa shape index (κ3) is 3.97. The van der Waals surface area contributed by atoms with Gasteiger partial charge in [-0.05, 0) is 31.0 Å². The number of benzene rings is 1. The van der Waals surface area contributed by atoms with Crippen molar-refractivity contribution in [1.29, 1.82) is 0 Å². The number of rotatable bonds is 3. The van der Waals surface area contributed by atoms with Gasteiger partial charge in [0.2, 0.25) is 5.91 Å². The summed E-state index contributed by atoms with van der Waals surface area (Å²) in [6.07, 6.45) is 2.25. The molecule has 0 bridgehead atoms. The molecular weight excluding hydrogens is 312 g/mol. The van der Waals surface area contributed by atoms with Crippen molar-refractivity contribution in [3.8, 4) is 0 Å². The maximum absolute atomic E-state index is 11.8. The molecule has 1 amide bonds. The van der Waals surface area contributed by atoms with E-state index in [1.165, 1.54) is 12.1 Å². The van der Waals surface area contributed by atoms with Crippen molar-refractivity contribution in [1.82, 2.24) is 9.80 Å². The van der Waals surface area contributed by atoms with Crippen LogP contribution >= 0.6 is 11.6 Å². The molecule has 2 aliphatic rings. The van der Waals surface area contributed by atoms with Gasteiger partial charge in [0, 0.05) is 56.0 Å². The molecule has 0 aromatic heterocycles. The van der Waals surface area contributed by atoms with Gasteiger partial charge in [0.15, 0.2) is 0 Å². The summed E-state index contributed by atoms with van der Waals surface area (Å²) in [6.45, 7) is 5.87. The van der Waals surface area contributed by atoms with E-state index in [1.54, 1.807) is 0 Å². The molecule has 126 valence electrons. The summed E-state index contributed by atoms with van der Waals surface area (Å²) in [5, 5.41) is 0.785. The highest BCUT2D eigenvalue weighted by Gasteiger charge is 2.29. The van der Waals surface area contributed by atoms with E-state index in [0.29, 0.717) is 6.04 Å². The Morgan fingerprint density at radius 3 is 2.70 bits per heavy atom. The Morgan fingerprint density at radius 1 is 1.22 bits per heavy atom. The zero-order valence-electron chi connectivity index (χ0n) is 13.5. The molecule has 2 aliphatic heterocycles. The van der Waals surface area contributed by atoms with Crippen LogP contribution in [-0.2, 0) is 4.79 Å². The van der Waals surface area contributed by atoms with Gasteiger partial charge in [-0.25, -0.2) is 0 Å². The molecule has 0 spiro atoms. The van der Waals surface area contributed by atoms with Crippen molar-refractivity contribution >= 4 is 23.2 Å². The van der Waals surface area contributed by atoms with E-state index in [4.69, 9.17) is 17.3 Å². The Morgan fingerprint density at radius 2 is 2.00 bits per heavy atom. The lowest BCUT2D eigenvalue weighted by Crippen LogP contribution is -2.56. The topological polar surface area (TPSA) is 52.8 Å². The summed E-state index contributed by atoms with van der Waals surface area (Å²) in [5.41, 5.74) is 6.69. The predicted octanol–water partition coefficient (Wildman–Crippen LogP) is 1.41. The van der Waals surface area contributed by atoms with Crippen LogP contribution in [0.1, 0.15) is 12.8 Å². The van der Waals surface area contributed by atoms with Crippen molar-refractivity contribution in [3.05, 3.63) is 29.3 Å². The summed E-state index contributed by atoms with van der Waals surface area (Å²) in [7, 11) is 0. The number of hydrogen-bond acceptors (Lipinski definition) is 4. The highest BCUT2D eigenvalue weighted by molar-refractivity contribution is 6.30. The maximum Gasteiger partial charge on any atom is 0.236 e. The molecule has 5 nitrogen and oxygen atoms in total. The van der Waals surface area contributed by atoms with Crippen LogP contribution in [-0.4, -0.2) is 67.6 Å². The number of nitrogens with zero attached hydrogens (tertiary/aromatic N) is 3. The Bertz CT molecular complexity index is 545. The standard InChI is InChI=1S/C17H25ClN4O/c18-14-3-1-4-15(11-14)20-7-9-21(10-8-20)16-5-2-6-22(13-16)17(23)12-19/h1,3-4,11,16H,2,5-10,12-13,19H2/t16-/m0/s1. The molecule has 0 saturated carbocycles. The van der Waals surface area contributed by atoms with Gasteiger partial charge in [-0.15, -0.1) is 0 Å². The average molecular weight is 337 g/mol. The molecule has 3 rings (SSSR count). The first-order valence-corrected chi connectivity index (χ1v) is 8.77. The van der Waals surface area contributed by atoms with Crippen LogP contribution in [0.25, 0.3) is 0 Å². The summed E-state index contributed by atoms with van der Waals surface area (Å²) >= 11 is 6.09. The molecule has 0 unspecified atom stereocenters.